The van der Waals surface area contributed by atoms with Gasteiger partial charge in [-0.15, -0.1) is 0 Å². The molecule has 2 aromatic heterocycles. The van der Waals surface area contributed by atoms with Crippen LogP contribution in [0.2, 0.25) is 0 Å². The number of methoxy groups -OCH3 is 2. The molecule has 1 N–H and O–H groups in total. The summed E-state index contributed by atoms with van der Waals surface area (Å²) in [6, 6.07) is 20.9. The third kappa shape index (κ3) is 3.82. The standard InChI is InChI=1S/C25H21N5O3/c1-32-21-12-11-16(13-22(21)33-2)14-26-29-23(31)15-30-20-10-6-3-7-17(20)24-25(30)28-19-9-5-4-8-18(19)27-24/h3-14H,15H2,1-2H3,(H,29,31)/b26-14+. The molecule has 0 aliphatic carbocycles. The molecule has 0 spiro atoms. The number of carbonyl (C=O) groups excluding carboxylic acids is 1. The summed E-state index contributed by atoms with van der Waals surface area (Å²) < 4.78 is 12.4. The topological polar surface area (TPSA) is 90.6 Å². The van der Waals surface area contributed by atoms with Crippen molar-refractivity contribution < 1.29 is 14.3 Å². The second-order valence-electron chi connectivity index (χ2n) is 7.40. The molecule has 8 heteroatoms. The molecule has 0 aliphatic rings. The second kappa shape index (κ2) is 8.58. The van der Waals surface area contributed by atoms with Gasteiger partial charge in [0.2, 0.25) is 0 Å². The Morgan fingerprint density at radius 3 is 2.48 bits per heavy atom. The molecule has 0 unspecified atom stereocenters. The van der Waals surface area contributed by atoms with Crippen LogP contribution in [0.15, 0.2) is 71.8 Å². The second-order valence-corrected chi connectivity index (χ2v) is 7.40. The van der Waals surface area contributed by atoms with Gasteiger partial charge < -0.3 is 14.0 Å². The molecule has 0 bridgehead atoms. The number of para-hydroxylation sites is 3. The van der Waals surface area contributed by atoms with E-state index >= 15 is 0 Å². The van der Waals surface area contributed by atoms with Crippen molar-refractivity contribution in [2.24, 2.45) is 5.10 Å². The minimum absolute atomic E-state index is 0.0559. The molecule has 33 heavy (non-hydrogen) atoms. The summed E-state index contributed by atoms with van der Waals surface area (Å²) >= 11 is 0. The minimum Gasteiger partial charge on any atom is -0.493 e. The van der Waals surface area contributed by atoms with Gasteiger partial charge in [-0.05, 0) is 42.0 Å². The van der Waals surface area contributed by atoms with Gasteiger partial charge in [0.05, 0.1) is 37.0 Å². The van der Waals surface area contributed by atoms with Crippen LogP contribution in [0.1, 0.15) is 5.56 Å². The Balaban J connectivity index is 1.43. The van der Waals surface area contributed by atoms with Crippen molar-refractivity contribution in [1.82, 2.24) is 20.0 Å². The maximum absolute atomic E-state index is 12.7. The highest BCUT2D eigenvalue weighted by Crippen LogP contribution is 2.28. The Kier molecular flexibility index (Phi) is 5.32. The van der Waals surface area contributed by atoms with E-state index in [-0.39, 0.29) is 12.5 Å². The summed E-state index contributed by atoms with van der Waals surface area (Å²) in [6.07, 6.45) is 1.55. The van der Waals surface area contributed by atoms with E-state index in [9.17, 15) is 4.79 Å². The summed E-state index contributed by atoms with van der Waals surface area (Å²) in [6.45, 7) is 0.0559. The lowest BCUT2D eigenvalue weighted by Crippen LogP contribution is -2.23. The number of hydrazone groups is 1. The fourth-order valence-electron chi connectivity index (χ4n) is 3.83. The van der Waals surface area contributed by atoms with Crippen LogP contribution in [-0.2, 0) is 11.3 Å². The molecule has 2 heterocycles. The molecular formula is C25H21N5O3. The van der Waals surface area contributed by atoms with Crippen LogP contribution in [0.3, 0.4) is 0 Å². The van der Waals surface area contributed by atoms with Gasteiger partial charge in [-0.25, -0.2) is 15.4 Å². The van der Waals surface area contributed by atoms with Crippen molar-refractivity contribution in [2.75, 3.05) is 14.2 Å². The van der Waals surface area contributed by atoms with Gasteiger partial charge in [0.15, 0.2) is 17.1 Å². The predicted octanol–water partition coefficient (Wildman–Crippen LogP) is 3.91. The Hall–Kier alpha value is -4.46. The lowest BCUT2D eigenvalue weighted by Gasteiger charge is -2.07. The fourth-order valence-corrected chi connectivity index (χ4v) is 3.83. The molecule has 8 nitrogen and oxygen atoms in total. The molecule has 0 aliphatic heterocycles. The van der Waals surface area contributed by atoms with E-state index in [2.05, 4.69) is 10.5 Å². The van der Waals surface area contributed by atoms with E-state index < -0.39 is 0 Å². The first-order chi connectivity index (χ1) is 16.2. The van der Waals surface area contributed by atoms with Gasteiger partial charge in [0.1, 0.15) is 12.1 Å². The molecule has 0 saturated carbocycles. The van der Waals surface area contributed by atoms with Crippen molar-refractivity contribution >= 4 is 45.2 Å². The number of fused-ring (bicyclic) bond motifs is 4. The Bertz CT molecular complexity index is 1520. The highest BCUT2D eigenvalue weighted by Gasteiger charge is 2.16. The summed E-state index contributed by atoms with van der Waals surface area (Å²) in [5, 5.41) is 5.04. The van der Waals surface area contributed by atoms with Gasteiger partial charge in [-0.1, -0.05) is 30.3 Å². The molecule has 0 fully saturated rings. The zero-order valence-electron chi connectivity index (χ0n) is 18.1. The van der Waals surface area contributed by atoms with E-state index in [1.165, 1.54) is 0 Å². The Morgan fingerprint density at radius 2 is 1.70 bits per heavy atom. The van der Waals surface area contributed by atoms with Gasteiger partial charge in [0.25, 0.3) is 5.91 Å². The summed E-state index contributed by atoms with van der Waals surface area (Å²) in [4.78, 5) is 22.3. The van der Waals surface area contributed by atoms with Crippen LogP contribution in [0.25, 0.3) is 33.1 Å². The number of amides is 1. The summed E-state index contributed by atoms with van der Waals surface area (Å²) in [7, 11) is 3.14. The molecule has 5 aromatic rings. The van der Waals surface area contributed by atoms with Crippen molar-refractivity contribution in [3.05, 3.63) is 72.3 Å². The van der Waals surface area contributed by atoms with Crippen LogP contribution < -0.4 is 14.9 Å². The van der Waals surface area contributed by atoms with Gasteiger partial charge >= 0.3 is 0 Å². The monoisotopic (exact) mass is 439 g/mol. The largest absolute Gasteiger partial charge is 0.493 e. The molecule has 1 amide bonds. The quantitative estimate of drug-likeness (QED) is 0.320. The third-order valence-electron chi connectivity index (χ3n) is 5.37. The molecule has 164 valence electrons. The normalized spacial score (nSPS) is 11.5. The van der Waals surface area contributed by atoms with E-state index in [0.29, 0.717) is 17.1 Å². The number of nitrogens with one attached hydrogen (secondary N) is 1. The number of ether oxygens (including phenoxy) is 2. The number of nitrogens with zero attached hydrogens (tertiary/aromatic N) is 4. The Morgan fingerprint density at radius 1 is 0.970 bits per heavy atom. The number of rotatable bonds is 6. The van der Waals surface area contributed by atoms with Gasteiger partial charge in [0, 0.05) is 5.39 Å². The maximum Gasteiger partial charge on any atom is 0.260 e. The van der Waals surface area contributed by atoms with Crippen molar-refractivity contribution in [3.8, 4) is 11.5 Å². The first-order valence-electron chi connectivity index (χ1n) is 10.4. The highest BCUT2D eigenvalue weighted by atomic mass is 16.5. The number of benzene rings is 3. The molecule has 0 atom stereocenters. The van der Waals surface area contributed by atoms with Crippen LogP contribution in [0.4, 0.5) is 0 Å². The van der Waals surface area contributed by atoms with Crippen LogP contribution >= 0.6 is 0 Å². The van der Waals surface area contributed by atoms with E-state index in [4.69, 9.17) is 19.4 Å². The third-order valence-corrected chi connectivity index (χ3v) is 5.37. The molecule has 3 aromatic carbocycles. The highest BCUT2D eigenvalue weighted by molar-refractivity contribution is 6.07. The number of hydrogen-bond donors (Lipinski definition) is 1. The van der Waals surface area contributed by atoms with E-state index in [0.717, 1.165) is 33.0 Å². The number of aromatic nitrogens is 3. The smallest absolute Gasteiger partial charge is 0.260 e. The summed E-state index contributed by atoms with van der Waals surface area (Å²) in [5.74, 6) is 0.937. The molecule has 0 radical (unpaired) electrons. The number of carbonyl (C=O) groups is 1. The van der Waals surface area contributed by atoms with Gasteiger partial charge in [-0.3, -0.25) is 4.79 Å². The zero-order valence-corrected chi connectivity index (χ0v) is 18.1. The van der Waals surface area contributed by atoms with Gasteiger partial charge in [-0.2, -0.15) is 5.10 Å². The van der Waals surface area contributed by atoms with E-state index in [1.807, 2.05) is 59.2 Å². The van der Waals surface area contributed by atoms with Crippen molar-refractivity contribution in [3.63, 3.8) is 0 Å². The number of hydrogen-bond acceptors (Lipinski definition) is 6. The molecule has 0 saturated heterocycles. The van der Waals surface area contributed by atoms with Crippen molar-refractivity contribution in [1.29, 1.82) is 0 Å². The van der Waals surface area contributed by atoms with Crippen LogP contribution in [-0.4, -0.2) is 40.9 Å². The first-order valence-corrected chi connectivity index (χ1v) is 10.4. The lowest BCUT2D eigenvalue weighted by atomic mass is 10.2. The maximum atomic E-state index is 12.7. The van der Waals surface area contributed by atoms with Crippen LogP contribution in [0, 0.1) is 0 Å². The fraction of sp³-hybridized carbons (Fsp3) is 0.120. The minimum atomic E-state index is -0.274. The molecule has 5 rings (SSSR count). The average molecular weight is 439 g/mol. The first kappa shape index (κ1) is 20.4. The van der Waals surface area contributed by atoms with E-state index in [1.54, 1.807) is 32.6 Å². The Labute approximate surface area is 189 Å². The summed E-state index contributed by atoms with van der Waals surface area (Å²) in [5.41, 5.74) is 7.27. The predicted molar refractivity (Wildman–Crippen MR) is 128 cm³/mol. The SMILES string of the molecule is COc1ccc(/C=N/NC(=O)Cn2c3ccccc3c3nc4ccccc4nc32)cc1OC. The average Bonchev–Trinajstić information content (AvgIpc) is 3.15. The van der Waals surface area contributed by atoms with Crippen LogP contribution in [0.5, 0.6) is 11.5 Å². The van der Waals surface area contributed by atoms with Crippen molar-refractivity contribution in [2.45, 2.75) is 6.54 Å². The molecular weight excluding hydrogens is 418 g/mol. The lowest BCUT2D eigenvalue weighted by molar-refractivity contribution is -0.121. The zero-order chi connectivity index (χ0) is 22.8.